The number of rotatable bonds is 6. The van der Waals surface area contributed by atoms with Crippen LogP contribution in [0.2, 0.25) is 0 Å². The number of hydrogen-bond donors (Lipinski definition) is 0. The molecule has 0 saturated heterocycles. The van der Waals surface area contributed by atoms with Gasteiger partial charge in [-0.25, -0.2) is 0 Å². The van der Waals surface area contributed by atoms with Crippen LogP contribution < -0.4 is 0 Å². The lowest BCUT2D eigenvalue weighted by molar-refractivity contribution is -0.117. The molecule has 3 heteroatoms. The molecule has 0 aromatic carbocycles. The van der Waals surface area contributed by atoms with Gasteiger partial charge < -0.3 is 4.79 Å². The Kier molecular flexibility index (Phi) is 6.14. The van der Waals surface area contributed by atoms with E-state index >= 15 is 0 Å². The number of ketones is 1. The number of carbonyl (C=O) groups excluding carboxylic acids is 1. The van der Waals surface area contributed by atoms with Gasteiger partial charge in [-0.3, -0.25) is 0 Å². The summed E-state index contributed by atoms with van der Waals surface area (Å²) in [4.78, 5) is 10.9. The third-order valence-electron chi connectivity index (χ3n) is 2.34. The molecular formula is C10H20OS2. The van der Waals surface area contributed by atoms with Crippen LogP contribution >= 0.6 is 23.5 Å². The van der Waals surface area contributed by atoms with Crippen molar-refractivity contribution in [2.24, 2.45) is 0 Å². The third-order valence-corrected chi connectivity index (χ3v) is 5.22. The van der Waals surface area contributed by atoms with E-state index in [0.29, 0.717) is 11.0 Å². The van der Waals surface area contributed by atoms with Crippen LogP contribution in [0.25, 0.3) is 0 Å². The molecule has 0 aliphatic heterocycles. The van der Waals surface area contributed by atoms with Crippen LogP contribution in [0.4, 0.5) is 0 Å². The molecule has 0 spiro atoms. The maximum absolute atomic E-state index is 10.9. The van der Waals surface area contributed by atoms with Crippen molar-refractivity contribution >= 4 is 29.3 Å². The Morgan fingerprint density at radius 1 is 1.38 bits per heavy atom. The average molecular weight is 220 g/mol. The average Bonchev–Trinajstić information content (AvgIpc) is 2.04. The minimum absolute atomic E-state index is 0.273. The van der Waals surface area contributed by atoms with Crippen LogP contribution in [0, 0.1) is 0 Å². The van der Waals surface area contributed by atoms with E-state index in [0.717, 1.165) is 12.8 Å². The van der Waals surface area contributed by atoms with Gasteiger partial charge in [0.1, 0.15) is 5.78 Å². The summed E-state index contributed by atoms with van der Waals surface area (Å²) in [5.74, 6) is 0.302. The Balaban J connectivity index is 4.09. The molecular weight excluding hydrogens is 200 g/mol. The molecule has 0 N–H and O–H groups in total. The van der Waals surface area contributed by atoms with Gasteiger partial charge in [0.05, 0.1) is 0 Å². The van der Waals surface area contributed by atoms with Crippen LogP contribution in [0.3, 0.4) is 0 Å². The van der Waals surface area contributed by atoms with E-state index in [2.05, 4.69) is 26.4 Å². The second kappa shape index (κ2) is 5.97. The van der Waals surface area contributed by atoms with E-state index in [1.807, 2.05) is 23.5 Å². The maximum atomic E-state index is 10.9. The lowest BCUT2D eigenvalue weighted by atomic mass is 10.0. The Morgan fingerprint density at radius 3 is 2.23 bits per heavy atom. The molecule has 0 aliphatic carbocycles. The Bertz CT molecular complexity index is 166. The molecule has 0 aliphatic rings. The standard InChI is InChI=1S/C10H20OS2/c1-8(11)6-7-9(12-4)10(2,3)13-5/h9H,6-7H2,1-5H3. The summed E-state index contributed by atoms with van der Waals surface area (Å²) in [5, 5.41) is 0.575. The molecule has 1 unspecified atom stereocenters. The highest BCUT2D eigenvalue weighted by Gasteiger charge is 2.27. The monoisotopic (exact) mass is 220 g/mol. The zero-order valence-corrected chi connectivity index (χ0v) is 10.8. The predicted octanol–water partition coefficient (Wildman–Crippen LogP) is 3.23. The first-order chi connectivity index (χ1) is 5.94. The second-order valence-electron chi connectivity index (χ2n) is 3.77. The molecule has 0 heterocycles. The molecule has 13 heavy (non-hydrogen) atoms. The molecule has 0 radical (unpaired) electrons. The van der Waals surface area contributed by atoms with E-state index in [1.54, 1.807) is 6.92 Å². The van der Waals surface area contributed by atoms with Crippen LogP contribution in [0.15, 0.2) is 0 Å². The molecule has 1 nitrogen and oxygen atoms in total. The largest absolute Gasteiger partial charge is 0.300 e. The minimum Gasteiger partial charge on any atom is -0.300 e. The van der Waals surface area contributed by atoms with E-state index in [9.17, 15) is 4.79 Å². The second-order valence-corrected chi connectivity index (χ2v) is 6.27. The van der Waals surface area contributed by atoms with Crippen molar-refractivity contribution in [2.45, 2.75) is 43.6 Å². The minimum atomic E-state index is 0.273. The Labute approximate surface area is 90.4 Å². The van der Waals surface area contributed by atoms with Gasteiger partial charge in [-0.05, 0) is 39.7 Å². The summed E-state index contributed by atoms with van der Waals surface area (Å²) in [5.41, 5.74) is 0. The van der Waals surface area contributed by atoms with Crippen LogP contribution in [0.5, 0.6) is 0 Å². The molecule has 0 fully saturated rings. The van der Waals surface area contributed by atoms with Gasteiger partial charge in [-0.2, -0.15) is 23.5 Å². The van der Waals surface area contributed by atoms with Crippen molar-refractivity contribution in [3.63, 3.8) is 0 Å². The van der Waals surface area contributed by atoms with Gasteiger partial charge in [0.15, 0.2) is 0 Å². The van der Waals surface area contributed by atoms with Crippen molar-refractivity contribution in [3.8, 4) is 0 Å². The Hall–Kier alpha value is 0.370. The van der Waals surface area contributed by atoms with Crippen molar-refractivity contribution in [1.29, 1.82) is 0 Å². The van der Waals surface area contributed by atoms with Crippen LogP contribution in [-0.2, 0) is 4.79 Å². The van der Waals surface area contributed by atoms with Crippen LogP contribution in [0.1, 0.15) is 33.6 Å². The zero-order chi connectivity index (χ0) is 10.5. The summed E-state index contributed by atoms with van der Waals surface area (Å²) >= 11 is 3.75. The smallest absolute Gasteiger partial charge is 0.129 e. The van der Waals surface area contributed by atoms with Gasteiger partial charge in [-0.15, -0.1) is 0 Å². The van der Waals surface area contributed by atoms with Crippen molar-refractivity contribution in [2.75, 3.05) is 12.5 Å². The fourth-order valence-electron chi connectivity index (χ4n) is 1.22. The summed E-state index contributed by atoms with van der Waals surface area (Å²) < 4.78 is 0.273. The highest BCUT2D eigenvalue weighted by atomic mass is 32.2. The van der Waals surface area contributed by atoms with Gasteiger partial charge >= 0.3 is 0 Å². The fourth-order valence-corrected chi connectivity index (χ4v) is 3.09. The summed E-state index contributed by atoms with van der Waals surface area (Å²) in [6.07, 6.45) is 5.99. The molecule has 0 amide bonds. The molecule has 0 rings (SSSR count). The summed E-state index contributed by atoms with van der Waals surface area (Å²) in [6.45, 7) is 6.17. The number of hydrogen-bond acceptors (Lipinski definition) is 3. The number of Topliss-reactive ketones (excluding diaryl/α,β-unsaturated/α-hetero) is 1. The zero-order valence-electron chi connectivity index (χ0n) is 9.22. The van der Waals surface area contributed by atoms with Gasteiger partial charge in [-0.1, -0.05) is 0 Å². The number of carbonyl (C=O) groups is 1. The Morgan fingerprint density at radius 2 is 1.92 bits per heavy atom. The molecule has 0 saturated carbocycles. The molecule has 0 aromatic heterocycles. The van der Waals surface area contributed by atoms with E-state index in [4.69, 9.17) is 0 Å². The summed E-state index contributed by atoms with van der Waals surface area (Å²) in [7, 11) is 0. The van der Waals surface area contributed by atoms with Gasteiger partial charge in [0.2, 0.25) is 0 Å². The quantitative estimate of drug-likeness (QED) is 0.684. The first-order valence-electron chi connectivity index (χ1n) is 4.51. The normalized spacial score (nSPS) is 14.2. The highest BCUT2D eigenvalue weighted by Crippen LogP contribution is 2.35. The lowest BCUT2D eigenvalue weighted by Gasteiger charge is -2.31. The third kappa shape index (κ3) is 4.96. The molecule has 0 bridgehead atoms. The van der Waals surface area contributed by atoms with E-state index in [1.165, 1.54) is 0 Å². The fraction of sp³-hybridized carbons (Fsp3) is 0.900. The lowest BCUT2D eigenvalue weighted by Crippen LogP contribution is -2.30. The first-order valence-corrected chi connectivity index (χ1v) is 7.02. The van der Waals surface area contributed by atoms with Crippen molar-refractivity contribution in [1.82, 2.24) is 0 Å². The van der Waals surface area contributed by atoms with Gasteiger partial charge in [0, 0.05) is 16.4 Å². The molecule has 78 valence electrons. The first kappa shape index (κ1) is 13.4. The predicted molar refractivity (Wildman–Crippen MR) is 64.8 cm³/mol. The summed E-state index contributed by atoms with van der Waals surface area (Å²) in [6, 6.07) is 0. The molecule has 0 aromatic rings. The van der Waals surface area contributed by atoms with Crippen molar-refractivity contribution < 1.29 is 4.79 Å². The molecule has 1 atom stereocenters. The van der Waals surface area contributed by atoms with E-state index in [-0.39, 0.29) is 4.75 Å². The maximum Gasteiger partial charge on any atom is 0.129 e. The topological polar surface area (TPSA) is 17.1 Å². The van der Waals surface area contributed by atoms with Gasteiger partial charge in [0.25, 0.3) is 0 Å². The van der Waals surface area contributed by atoms with Crippen LogP contribution in [-0.4, -0.2) is 28.3 Å². The van der Waals surface area contributed by atoms with Crippen molar-refractivity contribution in [3.05, 3.63) is 0 Å². The SMILES string of the molecule is CSC(CCC(C)=O)C(C)(C)SC. The highest BCUT2D eigenvalue weighted by molar-refractivity contribution is 8.03. The van der Waals surface area contributed by atoms with E-state index < -0.39 is 0 Å². The number of thioether (sulfide) groups is 2.